The summed E-state index contributed by atoms with van der Waals surface area (Å²) < 4.78 is 4.00. The number of hydrogen-bond donors (Lipinski definition) is 0. The smallest absolute Gasteiger partial charge is 0.209 e. The van der Waals surface area contributed by atoms with Crippen LogP contribution in [-0.2, 0) is 5.41 Å². The van der Waals surface area contributed by atoms with E-state index in [1.54, 1.807) is 0 Å². The monoisotopic (exact) mass is 238 g/mol. The molecule has 0 aliphatic carbocycles. The molecule has 0 fully saturated rings. The standard InChI is InChI=1S/C11H11ClN2S/c1-11(2,8-6-4-3-5-7-8)9-13-10(12)14-15-9/h3-7H,1-2H3. The second-order valence-corrected chi connectivity index (χ2v) is 4.95. The van der Waals surface area contributed by atoms with Crippen LogP contribution in [0, 0.1) is 0 Å². The molecule has 0 amide bonds. The van der Waals surface area contributed by atoms with Crippen molar-refractivity contribution < 1.29 is 0 Å². The average molecular weight is 239 g/mol. The molecule has 15 heavy (non-hydrogen) atoms. The first-order valence-electron chi connectivity index (χ1n) is 4.66. The van der Waals surface area contributed by atoms with E-state index in [4.69, 9.17) is 11.6 Å². The maximum Gasteiger partial charge on any atom is 0.234 e. The Morgan fingerprint density at radius 1 is 1.20 bits per heavy atom. The minimum Gasteiger partial charge on any atom is -0.209 e. The summed E-state index contributed by atoms with van der Waals surface area (Å²) in [7, 11) is 0. The van der Waals surface area contributed by atoms with Crippen molar-refractivity contribution in [3.8, 4) is 0 Å². The normalized spacial score (nSPS) is 11.7. The molecule has 2 nitrogen and oxygen atoms in total. The highest BCUT2D eigenvalue weighted by atomic mass is 35.5. The van der Waals surface area contributed by atoms with Gasteiger partial charge in [0.25, 0.3) is 0 Å². The van der Waals surface area contributed by atoms with E-state index in [0.717, 1.165) is 5.01 Å². The Morgan fingerprint density at radius 3 is 2.40 bits per heavy atom. The minimum atomic E-state index is -0.133. The largest absolute Gasteiger partial charge is 0.234 e. The minimum absolute atomic E-state index is 0.133. The topological polar surface area (TPSA) is 25.8 Å². The number of benzene rings is 1. The lowest BCUT2D eigenvalue weighted by molar-refractivity contribution is 0.635. The second-order valence-electron chi connectivity index (χ2n) is 3.86. The van der Waals surface area contributed by atoms with Gasteiger partial charge in [-0.15, -0.1) is 0 Å². The molecule has 1 aromatic carbocycles. The Hall–Kier alpha value is -0.930. The van der Waals surface area contributed by atoms with Gasteiger partial charge in [0.1, 0.15) is 5.01 Å². The van der Waals surface area contributed by atoms with Crippen molar-refractivity contribution in [2.45, 2.75) is 19.3 Å². The Kier molecular flexibility index (Phi) is 2.76. The van der Waals surface area contributed by atoms with Crippen LogP contribution in [0.25, 0.3) is 0 Å². The zero-order valence-electron chi connectivity index (χ0n) is 8.57. The number of rotatable bonds is 2. The lowest BCUT2D eigenvalue weighted by Gasteiger charge is -2.21. The van der Waals surface area contributed by atoms with Crippen LogP contribution < -0.4 is 0 Å². The van der Waals surface area contributed by atoms with Gasteiger partial charge in [-0.3, -0.25) is 0 Å². The molecule has 0 saturated heterocycles. The summed E-state index contributed by atoms with van der Waals surface area (Å²) in [4.78, 5) is 4.23. The van der Waals surface area contributed by atoms with E-state index in [0.29, 0.717) is 5.28 Å². The third-order valence-corrected chi connectivity index (χ3v) is 3.74. The molecule has 0 unspecified atom stereocenters. The van der Waals surface area contributed by atoms with E-state index >= 15 is 0 Å². The van der Waals surface area contributed by atoms with Gasteiger partial charge >= 0.3 is 0 Å². The van der Waals surface area contributed by atoms with Crippen LogP contribution in [0.1, 0.15) is 24.4 Å². The summed E-state index contributed by atoms with van der Waals surface area (Å²) >= 11 is 7.10. The third kappa shape index (κ3) is 2.03. The van der Waals surface area contributed by atoms with E-state index in [2.05, 4.69) is 35.3 Å². The second kappa shape index (κ2) is 3.91. The van der Waals surface area contributed by atoms with Gasteiger partial charge < -0.3 is 0 Å². The molecular weight excluding hydrogens is 228 g/mol. The summed E-state index contributed by atoms with van der Waals surface area (Å²) in [5.74, 6) is 0. The number of aromatic nitrogens is 2. The highest BCUT2D eigenvalue weighted by Crippen LogP contribution is 2.32. The predicted octanol–water partition coefficient (Wildman–Crippen LogP) is 3.52. The van der Waals surface area contributed by atoms with Crippen LogP contribution in [0.3, 0.4) is 0 Å². The predicted molar refractivity (Wildman–Crippen MR) is 63.5 cm³/mol. The fourth-order valence-corrected chi connectivity index (χ4v) is 2.35. The first-order valence-corrected chi connectivity index (χ1v) is 5.81. The molecule has 0 atom stereocenters. The molecule has 1 heterocycles. The zero-order chi connectivity index (χ0) is 10.9. The van der Waals surface area contributed by atoms with Crippen molar-refractivity contribution in [3.63, 3.8) is 0 Å². The van der Waals surface area contributed by atoms with E-state index < -0.39 is 0 Å². The molecule has 0 spiro atoms. The molecule has 78 valence electrons. The molecule has 0 bridgehead atoms. The molecule has 0 N–H and O–H groups in total. The molecule has 0 saturated carbocycles. The van der Waals surface area contributed by atoms with E-state index in [-0.39, 0.29) is 5.41 Å². The van der Waals surface area contributed by atoms with Crippen molar-refractivity contribution in [3.05, 3.63) is 46.2 Å². The Labute approximate surface area is 98.1 Å². The lowest BCUT2D eigenvalue weighted by Crippen LogP contribution is -2.18. The summed E-state index contributed by atoms with van der Waals surface area (Å²) in [6, 6.07) is 10.2. The zero-order valence-corrected chi connectivity index (χ0v) is 10.1. The highest BCUT2D eigenvalue weighted by molar-refractivity contribution is 7.05. The third-order valence-electron chi connectivity index (χ3n) is 2.43. The van der Waals surface area contributed by atoms with Crippen molar-refractivity contribution in [1.29, 1.82) is 0 Å². The fraction of sp³-hybridized carbons (Fsp3) is 0.273. The van der Waals surface area contributed by atoms with Gasteiger partial charge in [-0.05, 0) is 42.5 Å². The van der Waals surface area contributed by atoms with Crippen LogP contribution >= 0.6 is 23.1 Å². The van der Waals surface area contributed by atoms with E-state index in [1.807, 2.05) is 18.2 Å². The molecule has 2 aromatic rings. The van der Waals surface area contributed by atoms with Gasteiger partial charge in [-0.2, -0.15) is 4.37 Å². The van der Waals surface area contributed by atoms with Crippen molar-refractivity contribution in [1.82, 2.24) is 9.36 Å². The van der Waals surface area contributed by atoms with Crippen LogP contribution in [0.2, 0.25) is 5.28 Å². The Balaban J connectivity index is 2.43. The number of halogens is 1. The van der Waals surface area contributed by atoms with E-state index in [9.17, 15) is 0 Å². The molecular formula is C11H11ClN2S. The van der Waals surface area contributed by atoms with Gasteiger partial charge in [-0.25, -0.2) is 4.98 Å². The molecule has 2 rings (SSSR count). The quantitative estimate of drug-likeness (QED) is 0.800. The van der Waals surface area contributed by atoms with Gasteiger partial charge in [-0.1, -0.05) is 30.3 Å². The van der Waals surface area contributed by atoms with Gasteiger partial charge in [0.2, 0.25) is 5.28 Å². The first kappa shape index (κ1) is 10.6. The van der Waals surface area contributed by atoms with Crippen LogP contribution in [0.5, 0.6) is 0 Å². The van der Waals surface area contributed by atoms with E-state index in [1.165, 1.54) is 17.1 Å². The highest BCUT2D eigenvalue weighted by Gasteiger charge is 2.26. The SMILES string of the molecule is CC(C)(c1ccccc1)c1nc(Cl)ns1. The van der Waals surface area contributed by atoms with Crippen LogP contribution in [0.4, 0.5) is 0 Å². The molecule has 0 radical (unpaired) electrons. The van der Waals surface area contributed by atoms with Gasteiger partial charge in [0.15, 0.2) is 0 Å². The first-order chi connectivity index (χ1) is 7.10. The molecule has 1 aromatic heterocycles. The van der Waals surface area contributed by atoms with Crippen molar-refractivity contribution in [2.24, 2.45) is 0 Å². The van der Waals surface area contributed by atoms with Crippen LogP contribution in [-0.4, -0.2) is 9.36 Å². The Morgan fingerprint density at radius 2 is 1.87 bits per heavy atom. The summed E-state index contributed by atoms with van der Waals surface area (Å²) in [5.41, 5.74) is 1.09. The van der Waals surface area contributed by atoms with Crippen LogP contribution in [0.15, 0.2) is 30.3 Å². The lowest BCUT2D eigenvalue weighted by atomic mass is 9.85. The van der Waals surface area contributed by atoms with Crippen molar-refractivity contribution >= 4 is 23.1 Å². The fourth-order valence-electron chi connectivity index (χ4n) is 1.44. The summed E-state index contributed by atoms with van der Waals surface area (Å²) in [6.45, 7) is 4.25. The number of hydrogen-bond acceptors (Lipinski definition) is 3. The molecule has 4 heteroatoms. The maximum atomic E-state index is 5.74. The van der Waals surface area contributed by atoms with Gasteiger partial charge in [0, 0.05) is 5.41 Å². The van der Waals surface area contributed by atoms with Gasteiger partial charge in [0.05, 0.1) is 0 Å². The molecule has 0 aliphatic heterocycles. The van der Waals surface area contributed by atoms with Crippen molar-refractivity contribution in [2.75, 3.05) is 0 Å². The summed E-state index contributed by atoms with van der Waals surface area (Å²) in [5, 5.41) is 1.28. The summed E-state index contributed by atoms with van der Waals surface area (Å²) in [6.07, 6.45) is 0. The molecule has 0 aliphatic rings. The maximum absolute atomic E-state index is 5.74. The Bertz CT molecular complexity index is 451. The average Bonchev–Trinajstić information content (AvgIpc) is 2.67. The number of nitrogens with zero attached hydrogens (tertiary/aromatic N) is 2.